The Morgan fingerprint density at radius 3 is 1.94 bits per heavy atom. The number of ether oxygens (including phenoxy) is 1. The molecule has 0 heterocycles. The first-order valence-electron chi connectivity index (χ1n) is 9.89. The third kappa shape index (κ3) is 6.52. The maximum atomic E-state index is 12.9. The van der Waals surface area contributed by atoms with Crippen molar-refractivity contribution in [1.82, 2.24) is 16.2 Å². The van der Waals surface area contributed by atoms with Crippen LogP contribution in [-0.2, 0) is 9.59 Å². The Labute approximate surface area is 192 Å². The van der Waals surface area contributed by atoms with Crippen molar-refractivity contribution in [2.45, 2.75) is 5.92 Å². The number of amides is 2. The minimum Gasteiger partial charge on any atom is -0.497 e. The van der Waals surface area contributed by atoms with E-state index < -0.39 is 11.8 Å². The van der Waals surface area contributed by atoms with Gasteiger partial charge in [0, 0.05) is 6.08 Å². The van der Waals surface area contributed by atoms with Crippen molar-refractivity contribution in [3.63, 3.8) is 0 Å². The largest absolute Gasteiger partial charge is 0.497 e. The first-order valence-corrected chi connectivity index (χ1v) is 10.3. The standard InChI is InChI=1S/C25H23N3O3S/c1-31-21-15-12-18(13-16-21)14-17-22(29)26-25(32)28-27-24(30)23(19-8-4-2-5-9-19)20-10-6-3-7-11-20/h2-17,23H,1H3,(H,27,30)(H2,26,28,29,32). The number of carbonyl (C=O) groups is 2. The zero-order chi connectivity index (χ0) is 22.8. The van der Waals surface area contributed by atoms with Crippen molar-refractivity contribution in [2.75, 3.05) is 7.11 Å². The van der Waals surface area contributed by atoms with E-state index in [4.69, 9.17) is 17.0 Å². The lowest BCUT2D eigenvalue weighted by Gasteiger charge is -2.18. The topological polar surface area (TPSA) is 79.5 Å². The fourth-order valence-electron chi connectivity index (χ4n) is 3.05. The summed E-state index contributed by atoms with van der Waals surface area (Å²) < 4.78 is 5.10. The van der Waals surface area contributed by atoms with E-state index in [-0.39, 0.29) is 11.0 Å². The van der Waals surface area contributed by atoms with Crippen LogP contribution in [0.1, 0.15) is 22.6 Å². The molecule has 32 heavy (non-hydrogen) atoms. The van der Waals surface area contributed by atoms with Crippen LogP contribution in [0.4, 0.5) is 0 Å². The second kappa shape index (κ2) is 11.4. The molecule has 0 spiro atoms. The van der Waals surface area contributed by atoms with E-state index in [1.54, 1.807) is 25.3 Å². The average molecular weight is 446 g/mol. The van der Waals surface area contributed by atoms with Gasteiger partial charge in [0.05, 0.1) is 13.0 Å². The number of methoxy groups -OCH3 is 1. The van der Waals surface area contributed by atoms with Gasteiger partial charge in [-0.2, -0.15) is 0 Å². The molecule has 0 saturated heterocycles. The quantitative estimate of drug-likeness (QED) is 0.307. The molecule has 0 fully saturated rings. The number of carbonyl (C=O) groups excluding carboxylic acids is 2. The van der Waals surface area contributed by atoms with Crippen LogP contribution in [0.3, 0.4) is 0 Å². The van der Waals surface area contributed by atoms with E-state index in [9.17, 15) is 9.59 Å². The highest BCUT2D eigenvalue weighted by Gasteiger charge is 2.22. The molecule has 0 aromatic heterocycles. The summed E-state index contributed by atoms with van der Waals surface area (Å²) in [6, 6.07) is 26.1. The van der Waals surface area contributed by atoms with Gasteiger partial charge < -0.3 is 4.74 Å². The molecule has 3 N–H and O–H groups in total. The molecule has 0 aliphatic heterocycles. The molecule has 6 nitrogen and oxygen atoms in total. The van der Waals surface area contributed by atoms with Crippen LogP contribution in [0.15, 0.2) is 91.0 Å². The van der Waals surface area contributed by atoms with Gasteiger partial charge in [0.25, 0.3) is 0 Å². The predicted molar refractivity (Wildman–Crippen MR) is 129 cm³/mol. The number of benzene rings is 3. The molecule has 0 bridgehead atoms. The average Bonchev–Trinajstić information content (AvgIpc) is 2.83. The Morgan fingerprint density at radius 2 is 1.41 bits per heavy atom. The highest BCUT2D eigenvalue weighted by atomic mass is 32.1. The highest BCUT2D eigenvalue weighted by molar-refractivity contribution is 7.80. The van der Waals surface area contributed by atoms with Gasteiger partial charge in [-0.3, -0.25) is 25.8 Å². The maximum absolute atomic E-state index is 12.9. The number of thiocarbonyl (C=S) groups is 1. The normalized spacial score (nSPS) is 10.6. The van der Waals surface area contributed by atoms with Gasteiger partial charge in [0.2, 0.25) is 11.8 Å². The SMILES string of the molecule is COc1ccc(C=CC(=O)NC(=S)NNC(=O)C(c2ccccc2)c2ccccc2)cc1. The summed E-state index contributed by atoms with van der Waals surface area (Å²) in [4.78, 5) is 25.0. The first-order chi connectivity index (χ1) is 15.6. The van der Waals surface area contributed by atoms with E-state index in [1.165, 1.54) is 6.08 Å². The Kier molecular flexibility index (Phi) is 8.11. The van der Waals surface area contributed by atoms with Crippen LogP contribution in [0, 0.1) is 0 Å². The molecule has 162 valence electrons. The molecule has 0 atom stereocenters. The zero-order valence-electron chi connectivity index (χ0n) is 17.4. The number of hydrogen-bond acceptors (Lipinski definition) is 4. The molecular weight excluding hydrogens is 422 g/mol. The summed E-state index contributed by atoms with van der Waals surface area (Å²) in [5.41, 5.74) is 7.71. The van der Waals surface area contributed by atoms with Crippen molar-refractivity contribution < 1.29 is 14.3 Å². The van der Waals surface area contributed by atoms with Crippen LogP contribution in [0.2, 0.25) is 0 Å². The van der Waals surface area contributed by atoms with Crippen molar-refractivity contribution in [3.05, 3.63) is 108 Å². The summed E-state index contributed by atoms with van der Waals surface area (Å²) in [7, 11) is 1.59. The lowest BCUT2D eigenvalue weighted by Crippen LogP contribution is -2.49. The second-order valence-electron chi connectivity index (χ2n) is 6.79. The van der Waals surface area contributed by atoms with Crippen molar-refractivity contribution >= 4 is 35.2 Å². The van der Waals surface area contributed by atoms with Crippen LogP contribution in [0.25, 0.3) is 6.08 Å². The van der Waals surface area contributed by atoms with E-state index in [1.807, 2.05) is 72.8 Å². The summed E-state index contributed by atoms with van der Waals surface area (Å²) in [5, 5.41) is 2.49. The molecule has 0 radical (unpaired) electrons. The van der Waals surface area contributed by atoms with Gasteiger partial charge in [-0.1, -0.05) is 72.8 Å². The molecule has 0 aliphatic rings. The minimum absolute atomic E-state index is 0.0115. The smallest absolute Gasteiger partial charge is 0.250 e. The predicted octanol–water partition coefficient (Wildman–Crippen LogP) is 3.56. The number of rotatable bonds is 6. The molecule has 0 aliphatic carbocycles. The van der Waals surface area contributed by atoms with Crippen LogP contribution < -0.4 is 20.9 Å². The Balaban J connectivity index is 1.57. The van der Waals surface area contributed by atoms with Gasteiger partial charge >= 0.3 is 0 Å². The molecule has 2 amide bonds. The van der Waals surface area contributed by atoms with E-state index in [2.05, 4.69) is 16.2 Å². The van der Waals surface area contributed by atoms with Gasteiger partial charge in [-0.25, -0.2) is 0 Å². The number of nitrogens with one attached hydrogen (secondary N) is 3. The van der Waals surface area contributed by atoms with Gasteiger partial charge in [-0.15, -0.1) is 0 Å². The van der Waals surface area contributed by atoms with E-state index in [0.29, 0.717) is 0 Å². The Hall–Kier alpha value is -3.97. The highest BCUT2D eigenvalue weighted by Crippen LogP contribution is 2.24. The Bertz CT molecular complexity index is 1040. The summed E-state index contributed by atoms with van der Waals surface area (Å²) in [5.74, 6) is -0.515. The third-order valence-corrected chi connectivity index (χ3v) is 4.81. The molecule has 3 aromatic carbocycles. The number of hydrazine groups is 1. The zero-order valence-corrected chi connectivity index (χ0v) is 18.3. The van der Waals surface area contributed by atoms with Gasteiger partial charge in [0.15, 0.2) is 5.11 Å². The van der Waals surface area contributed by atoms with Crippen molar-refractivity contribution in [3.8, 4) is 5.75 Å². The van der Waals surface area contributed by atoms with Crippen LogP contribution in [0.5, 0.6) is 5.75 Å². The Morgan fingerprint density at radius 1 is 0.844 bits per heavy atom. The van der Waals surface area contributed by atoms with Gasteiger partial charge in [0.1, 0.15) is 5.75 Å². The number of hydrogen-bond donors (Lipinski definition) is 3. The summed E-state index contributed by atoms with van der Waals surface area (Å²) >= 11 is 5.12. The van der Waals surface area contributed by atoms with Gasteiger partial charge in [-0.05, 0) is 47.1 Å². The van der Waals surface area contributed by atoms with E-state index >= 15 is 0 Å². The fourth-order valence-corrected chi connectivity index (χ4v) is 3.20. The molecule has 0 unspecified atom stereocenters. The molecule has 0 saturated carbocycles. The second-order valence-corrected chi connectivity index (χ2v) is 7.20. The molecule has 3 rings (SSSR count). The first kappa shape index (κ1) is 22.7. The molecule has 7 heteroatoms. The fraction of sp³-hybridized carbons (Fsp3) is 0.0800. The van der Waals surface area contributed by atoms with Crippen LogP contribution in [-0.4, -0.2) is 24.0 Å². The minimum atomic E-state index is -0.529. The third-order valence-electron chi connectivity index (χ3n) is 4.61. The van der Waals surface area contributed by atoms with Crippen LogP contribution >= 0.6 is 12.2 Å². The van der Waals surface area contributed by atoms with Crippen molar-refractivity contribution in [1.29, 1.82) is 0 Å². The molecule has 3 aromatic rings. The summed E-state index contributed by atoms with van der Waals surface area (Å²) in [6.07, 6.45) is 3.01. The molecular formula is C25H23N3O3S. The van der Waals surface area contributed by atoms with Crippen molar-refractivity contribution in [2.24, 2.45) is 0 Å². The maximum Gasteiger partial charge on any atom is 0.250 e. The lowest BCUT2D eigenvalue weighted by atomic mass is 9.91. The van der Waals surface area contributed by atoms with E-state index in [0.717, 1.165) is 22.4 Å². The summed E-state index contributed by atoms with van der Waals surface area (Å²) in [6.45, 7) is 0. The monoisotopic (exact) mass is 445 g/mol. The lowest BCUT2D eigenvalue weighted by molar-refractivity contribution is -0.122.